The number of halogens is 3. The monoisotopic (exact) mass is 380 g/mol. The van der Waals surface area contributed by atoms with E-state index in [0.29, 0.717) is 6.54 Å². The smallest absolute Gasteiger partial charge is 0.416 e. The number of alkyl halides is 3. The summed E-state index contributed by atoms with van der Waals surface area (Å²) in [6.45, 7) is 0.0978. The van der Waals surface area contributed by atoms with Crippen molar-refractivity contribution in [3.63, 3.8) is 0 Å². The van der Waals surface area contributed by atoms with Gasteiger partial charge in [0.1, 0.15) is 12.0 Å². The zero-order valence-corrected chi connectivity index (χ0v) is 14.2. The number of aromatic nitrogens is 3. The van der Waals surface area contributed by atoms with E-state index in [1.54, 1.807) is 19.3 Å². The molecule has 0 saturated carbocycles. The van der Waals surface area contributed by atoms with Crippen molar-refractivity contribution in [1.82, 2.24) is 20.1 Å². The van der Waals surface area contributed by atoms with Gasteiger partial charge in [-0.2, -0.15) is 18.3 Å². The van der Waals surface area contributed by atoms with Crippen LogP contribution in [0.25, 0.3) is 0 Å². The quantitative estimate of drug-likeness (QED) is 0.710. The molecule has 3 rings (SSSR count). The fraction of sp³-hybridized carbons (Fsp3) is 0.235. The molecule has 0 fully saturated rings. The molecular formula is C17H15F3N4O3. The highest BCUT2D eigenvalue weighted by molar-refractivity contribution is 5.91. The van der Waals surface area contributed by atoms with Crippen LogP contribution in [-0.4, -0.2) is 33.0 Å². The molecule has 0 aliphatic carbocycles. The second-order valence-corrected chi connectivity index (χ2v) is 5.68. The van der Waals surface area contributed by atoms with E-state index in [4.69, 9.17) is 9.15 Å². The Morgan fingerprint density at radius 2 is 2.15 bits per heavy atom. The number of aromatic amines is 1. The third-order valence-electron chi connectivity index (χ3n) is 3.61. The van der Waals surface area contributed by atoms with Crippen LogP contribution in [0.4, 0.5) is 13.2 Å². The second kappa shape index (κ2) is 7.52. The number of nitrogens with one attached hydrogen (secondary N) is 1. The first-order valence-electron chi connectivity index (χ1n) is 7.81. The van der Waals surface area contributed by atoms with Gasteiger partial charge in [-0.15, -0.1) is 0 Å². The van der Waals surface area contributed by atoms with Crippen molar-refractivity contribution in [2.45, 2.75) is 19.3 Å². The zero-order valence-electron chi connectivity index (χ0n) is 14.2. The van der Waals surface area contributed by atoms with Crippen LogP contribution >= 0.6 is 0 Å². The van der Waals surface area contributed by atoms with Crippen LogP contribution in [0.5, 0.6) is 5.75 Å². The van der Waals surface area contributed by atoms with Gasteiger partial charge in [-0.3, -0.25) is 9.89 Å². The van der Waals surface area contributed by atoms with Gasteiger partial charge in [0.05, 0.1) is 17.8 Å². The molecule has 10 heteroatoms. The van der Waals surface area contributed by atoms with E-state index in [0.717, 1.165) is 17.8 Å². The summed E-state index contributed by atoms with van der Waals surface area (Å²) in [6, 6.07) is 6.20. The van der Waals surface area contributed by atoms with Crippen molar-refractivity contribution in [2.24, 2.45) is 0 Å². The molecule has 0 saturated heterocycles. The lowest BCUT2D eigenvalue weighted by atomic mass is 10.2. The molecule has 0 unspecified atom stereocenters. The summed E-state index contributed by atoms with van der Waals surface area (Å²) in [7, 11) is 1.59. The number of hydrogen-bond acceptors (Lipinski definition) is 5. The summed E-state index contributed by atoms with van der Waals surface area (Å²) >= 11 is 0. The molecule has 0 radical (unpaired) electrons. The molecule has 0 aliphatic heterocycles. The number of oxazole rings is 1. The standard InChI is InChI=1S/C17H15F3N4O3/c1-24(8-12-5-6-21-23-12)16(25)14-9-27-15(22-14)10-26-13-4-2-3-11(7-13)17(18,19)20/h2-7,9H,8,10H2,1H3,(H,21,23). The number of ether oxygens (including phenoxy) is 1. The third kappa shape index (κ3) is 4.66. The first-order chi connectivity index (χ1) is 12.8. The van der Waals surface area contributed by atoms with Crippen LogP contribution < -0.4 is 4.74 Å². The number of carbonyl (C=O) groups excluding carboxylic acids is 1. The highest BCUT2D eigenvalue weighted by Gasteiger charge is 2.30. The minimum atomic E-state index is -4.46. The normalized spacial score (nSPS) is 11.4. The van der Waals surface area contributed by atoms with E-state index in [2.05, 4.69) is 15.2 Å². The van der Waals surface area contributed by atoms with Gasteiger partial charge in [-0.25, -0.2) is 4.98 Å². The van der Waals surface area contributed by atoms with Gasteiger partial charge in [0, 0.05) is 13.2 Å². The maximum Gasteiger partial charge on any atom is 0.416 e. The highest BCUT2D eigenvalue weighted by atomic mass is 19.4. The number of nitrogens with zero attached hydrogens (tertiary/aromatic N) is 3. The van der Waals surface area contributed by atoms with Crippen LogP contribution in [0.2, 0.25) is 0 Å². The molecule has 0 aliphatic rings. The van der Waals surface area contributed by atoms with Gasteiger partial charge in [0.25, 0.3) is 5.91 Å². The van der Waals surface area contributed by atoms with Crippen molar-refractivity contribution in [2.75, 3.05) is 7.05 Å². The van der Waals surface area contributed by atoms with E-state index in [1.807, 2.05) is 0 Å². The van der Waals surface area contributed by atoms with Crippen LogP contribution in [0.3, 0.4) is 0 Å². The van der Waals surface area contributed by atoms with Gasteiger partial charge in [0.2, 0.25) is 5.89 Å². The predicted molar refractivity (Wildman–Crippen MR) is 86.7 cm³/mol. The van der Waals surface area contributed by atoms with E-state index in [-0.39, 0.29) is 29.8 Å². The Kier molecular flexibility index (Phi) is 5.15. The predicted octanol–water partition coefficient (Wildman–Crippen LogP) is 3.27. The number of benzene rings is 1. The summed E-state index contributed by atoms with van der Waals surface area (Å²) in [5.74, 6) is -0.281. The molecule has 2 aromatic heterocycles. The Bertz CT molecular complexity index is 906. The lowest BCUT2D eigenvalue weighted by molar-refractivity contribution is -0.137. The Morgan fingerprint density at radius 1 is 1.33 bits per heavy atom. The summed E-state index contributed by atoms with van der Waals surface area (Å²) in [4.78, 5) is 17.8. The van der Waals surface area contributed by atoms with Crippen molar-refractivity contribution < 1.29 is 27.1 Å². The number of amides is 1. The Balaban J connectivity index is 1.60. The number of H-pyrrole nitrogens is 1. The highest BCUT2D eigenvalue weighted by Crippen LogP contribution is 2.31. The first-order valence-corrected chi connectivity index (χ1v) is 7.81. The van der Waals surface area contributed by atoms with E-state index in [1.165, 1.54) is 23.3 Å². The molecular weight excluding hydrogens is 365 g/mol. The van der Waals surface area contributed by atoms with Gasteiger partial charge in [0.15, 0.2) is 12.3 Å². The van der Waals surface area contributed by atoms with Crippen molar-refractivity contribution >= 4 is 5.91 Å². The molecule has 0 spiro atoms. The fourth-order valence-electron chi connectivity index (χ4n) is 2.28. The first kappa shape index (κ1) is 18.5. The van der Waals surface area contributed by atoms with Crippen LogP contribution in [-0.2, 0) is 19.3 Å². The average molecular weight is 380 g/mol. The summed E-state index contributed by atoms with van der Waals surface area (Å²) in [5, 5.41) is 6.55. The van der Waals surface area contributed by atoms with Crippen molar-refractivity contribution in [3.8, 4) is 5.75 Å². The van der Waals surface area contributed by atoms with Crippen LogP contribution in [0, 0.1) is 0 Å². The van der Waals surface area contributed by atoms with Gasteiger partial charge >= 0.3 is 6.18 Å². The van der Waals surface area contributed by atoms with Crippen LogP contribution in [0.1, 0.15) is 27.6 Å². The van der Waals surface area contributed by atoms with Crippen LogP contribution in [0.15, 0.2) is 47.2 Å². The SMILES string of the molecule is CN(Cc1ccn[nH]1)C(=O)c1coc(COc2cccc(C(F)(F)F)c2)n1. The number of rotatable bonds is 6. The maximum atomic E-state index is 12.7. The van der Waals surface area contributed by atoms with E-state index >= 15 is 0 Å². The average Bonchev–Trinajstić information content (AvgIpc) is 3.30. The minimum Gasteiger partial charge on any atom is -0.484 e. The van der Waals surface area contributed by atoms with Crippen molar-refractivity contribution in [1.29, 1.82) is 0 Å². The van der Waals surface area contributed by atoms with Gasteiger partial charge in [-0.1, -0.05) is 6.07 Å². The molecule has 7 nitrogen and oxygen atoms in total. The summed E-state index contributed by atoms with van der Waals surface area (Å²) in [5.41, 5.74) is 0.00538. The molecule has 27 heavy (non-hydrogen) atoms. The zero-order chi connectivity index (χ0) is 19.4. The van der Waals surface area contributed by atoms with E-state index < -0.39 is 11.7 Å². The third-order valence-corrected chi connectivity index (χ3v) is 3.61. The molecule has 3 aromatic rings. The molecule has 0 bridgehead atoms. The molecule has 2 heterocycles. The molecule has 142 valence electrons. The number of carbonyl (C=O) groups is 1. The van der Waals surface area contributed by atoms with Gasteiger partial charge in [-0.05, 0) is 24.3 Å². The number of hydrogen-bond donors (Lipinski definition) is 1. The maximum absolute atomic E-state index is 12.7. The summed E-state index contributed by atoms with van der Waals surface area (Å²) in [6.07, 6.45) is -1.70. The Labute approximate surface area is 151 Å². The topological polar surface area (TPSA) is 84.2 Å². The molecule has 1 N–H and O–H groups in total. The Hall–Kier alpha value is -3.30. The lowest BCUT2D eigenvalue weighted by Gasteiger charge is -2.13. The van der Waals surface area contributed by atoms with Gasteiger partial charge < -0.3 is 14.1 Å². The van der Waals surface area contributed by atoms with E-state index in [9.17, 15) is 18.0 Å². The largest absolute Gasteiger partial charge is 0.484 e. The lowest BCUT2D eigenvalue weighted by Crippen LogP contribution is -2.26. The summed E-state index contributed by atoms with van der Waals surface area (Å²) < 4.78 is 48.5. The molecule has 1 amide bonds. The fourth-order valence-corrected chi connectivity index (χ4v) is 2.28. The molecule has 0 atom stereocenters. The Morgan fingerprint density at radius 3 is 2.85 bits per heavy atom. The minimum absolute atomic E-state index is 0.0206. The second-order valence-electron chi connectivity index (χ2n) is 5.68. The molecule has 1 aromatic carbocycles. The van der Waals surface area contributed by atoms with Crippen molar-refractivity contribution in [3.05, 3.63) is 65.6 Å².